The quantitative estimate of drug-likeness (QED) is 0.478. The van der Waals surface area contributed by atoms with Crippen LogP contribution in [0.1, 0.15) is 73.1 Å². The van der Waals surface area contributed by atoms with Crippen LogP contribution < -0.4 is 10.2 Å². The summed E-state index contributed by atoms with van der Waals surface area (Å²) in [7, 11) is 0. The van der Waals surface area contributed by atoms with Gasteiger partial charge in [-0.15, -0.1) is 0 Å². The van der Waals surface area contributed by atoms with Crippen molar-refractivity contribution in [3.8, 4) is 5.75 Å². The van der Waals surface area contributed by atoms with Gasteiger partial charge in [-0.25, -0.2) is 0 Å². The smallest absolute Gasteiger partial charge is 0.314 e. The van der Waals surface area contributed by atoms with E-state index in [1.807, 2.05) is 50.2 Å². The Hall–Kier alpha value is -3.74. The zero-order chi connectivity index (χ0) is 25.2. The summed E-state index contributed by atoms with van der Waals surface area (Å²) in [6.07, 6.45) is 4.58. The number of hydrogen-bond acceptors (Lipinski definition) is 5. The van der Waals surface area contributed by atoms with E-state index in [4.69, 9.17) is 4.74 Å². The molecule has 1 fully saturated rings. The molecule has 1 saturated carbocycles. The predicted molar refractivity (Wildman–Crippen MR) is 136 cm³/mol. The number of esters is 1. The second-order valence-electron chi connectivity index (χ2n) is 9.95. The standard InChI is InChI=1S/C29H31N3O4/c1-19(2)31-18-23(25(20-11-5-3-6-12-20)21-13-7-4-8-14-21)32-26(28(31)34)27(24(33)17-30-32)36-29(35)22-15-9-10-16-22/h3-8,11-14,17,19,22-23,25H,9-10,15-16,18H2,1-2H3/t23-/m1/s1. The average molecular weight is 486 g/mol. The van der Waals surface area contributed by atoms with Gasteiger partial charge < -0.3 is 9.64 Å². The normalized spacial score (nSPS) is 18.1. The third-order valence-corrected chi connectivity index (χ3v) is 7.35. The van der Waals surface area contributed by atoms with Crippen molar-refractivity contribution >= 4 is 11.9 Å². The fraction of sp³-hybridized carbons (Fsp3) is 0.379. The number of carbonyl (C=O) groups is 2. The van der Waals surface area contributed by atoms with Crippen LogP contribution in [0, 0.1) is 5.92 Å². The zero-order valence-corrected chi connectivity index (χ0v) is 20.7. The summed E-state index contributed by atoms with van der Waals surface area (Å²) < 4.78 is 7.32. The van der Waals surface area contributed by atoms with Crippen molar-refractivity contribution in [1.82, 2.24) is 14.7 Å². The van der Waals surface area contributed by atoms with E-state index in [0.717, 1.165) is 36.8 Å². The summed E-state index contributed by atoms with van der Waals surface area (Å²) in [6.45, 7) is 4.30. The summed E-state index contributed by atoms with van der Waals surface area (Å²) >= 11 is 0. The topological polar surface area (TPSA) is 81.5 Å². The maximum Gasteiger partial charge on any atom is 0.314 e. The molecule has 0 spiro atoms. The van der Waals surface area contributed by atoms with Crippen molar-refractivity contribution in [2.45, 2.75) is 57.5 Å². The van der Waals surface area contributed by atoms with Gasteiger partial charge in [0.15, 0.2) is 5.69 Å². The van der Waals surface area contributed by atoms with Crippen LogP contribution in [0.25, 0.3) is 0 Å². The van der Waals surface area contributed by atoms with Crippen molar-refractivity contribution in [2.24, 2.45) is 5.92 Å². The van der Waals surface area contributed by atoms with Crippen molar-refractivity contribution < 1.29 is 14.3 Å². The molecule has 36 heavy (non-hydrogen) atoms. The molecule has 186 valence electrons. The van der Waals surface area contributed by atoms with Gasteiger partial charge in [0, 0.05) is 18.5 Å². The van der Waals surface area contributed by atoms with Crippen molar-refractivity contribution in [2.75, 3.05) is 6.54 Å². The molecule has 0 bridgehead atoms. The molecular formula is C29H31N3O4. The average Bonchev–Trinajstić information content (AvgIpc) is 3.43. The molecule has 1 atom stereocenters. The Morgan fingerprint density at radius 3 is 2.08 bits per heavy atom. The SMILES string of the molecule is CC(C)N1C[C@H](C(c2ccccc2)c2ccccc2)n2ncc(=O)c(OC(=O)C3CCCC3)c2C1=O. The molecular weight excluding hydrogens is 454 g/mol. The lowest BCUT2D eigenvalue weighted by molar-refractivity contribution is -0.138. The van der Waals surface area contributed by atoms with E-state index in [0.29, 0.717) is 6.54 Å². The molecule has 1 aliphatic heterocycles. The van der Waals surface area contributed by atoms with Crippen LogP contribution in [0.4, 0.5) is 0 Å². The van der Waals surface area contributed by atoms with E-state index >= 15 is 0 Å². The third kappa shape index (κ3) is 4.45. The minimum atomic E-state index is -0.554. The number of aromatic nitrogens is 2. The monoisotopic (exact) mass is 485 g/mol. The largest absolute Gasteiger partial charge is 0.420 e. The van der Waals surface area contributed by atoms with E-state index in [2.05, 4.69) is 29.4 Å². The number of hydrogen-bond donors (Lipinski definition) is 0. The number of rotatable bonds is 6. The lowest BCUT2D eigenvalue weighted by Gasteiger charge is -2.41. The molecule has 1 aromatic heterocycles. The Balaban J connectivity index is 1.67. The van der Waals surface area contributed by atoms with Crippen molar-refractivity contribution in [1.29, 1.82) is 0 Å². The highest BCUT2D eigenvalue weighted by atomic mass is 16.5. The van der Waals surface area contributed by atoms with Crippen LogP contribution in [0.2, 0.25) is 0 Å². The minimum absolute atomic E-state index is 0.0515. The lowest BCUT2D eigenvalue weighted by atomic mass is 9.83. The van der Waals surface area contributed by atoms with Gasteiger partial charge in [-0.1, -0.05) is 73.5 Å². The zero-order valence-electron chi connectivity index (χ0n) is 20.7. The maximum absolute atomic E-state index is 13.7. The van der Waals surface area contributed by atoms with Gasteiger partial charge in [0.1, 0.15) is 0 Å². The van der Waals surface area contributed by atoms with Crippen LogP contribution in [0.15, 0.2) is 71.7 Å². The van der Waals surface area contributed by atoms with E-state index in [-0.39, 0.29) is 41.3 Å². The summed E-state index contributed by atoms with van der Waals surface area (Å²) in [6, 6.07) is 19.8. The minimum Gasteiger partial charge on any atom is -0.420 e. The number of benzene rings is 2. The van der Waals surface area contributed by atoms with Gasteiger partial charge in [0.25, 0.3) is 5.91 Å². The second-order valence-corrected chi connectivity index (χ2v) is 9.95. The molecule has 5 rings (SSSR count). The number of fused-ring (bicyclic) bond motifs is 1. The van der Waals surface area contributed by atoms with Gasteiger partial charge >= 0.3 is 5.97 Å². The summed E-state index contributed by atoms with van der Waals surface area (Å²) in [4.78, 5) is 41.3. The summed E-state index contributed by atoms with van der Waals surface area (Å²) in [5.41, 5.74) is 1.64. The summed E-state index contributed by atoms with van der Waals surface area (Å²) in [5.74, 6) is -1.38. The number of carbonyl (C=O) groups excluding carboxylic acids is 2. The predicted octanol–water partition coefficient (Wildman–Crippen LogP) is 4.58. The Morgan fingerprint density at radius 2 is 1.53 bits per heavy atom. The summed E-state index contributed by atoms with van der Waals surface area (Å²) in [5, 5.41) is 4.45. The Bertz CT molecular complexity index is 1260. The highest BCUT2D eigenvalue weighted by Crippen LogP contribution is 2.40. The van der Waals surface area contributed by atoms with Crippen LogP contribution >= 0.6 is 0 Å². The highest BCUT2D eigenvalue weighted by Gasteiger charge is 2.41. The van der Waals surface area contributed by atoms with Crippen LogP contribution in [-0.2, 0) is 4.79 Å². The first-order chi connectivity index (χ1) is 17.5. The molecule has 7 heteroatoms. The Morgan fingerprint density at radius 1 is 0.944 bits per heavy atom. The molecule has 7 nitrogen and oxygen atoms in total. The van der Waals surface area contributed by atoms with Crippen LogP contribution in [-0.4, -0.2) is 39.1 Å². The van der Waals surface area contributed by atoms with Crippen molar-refractivity contribution in [3.63, 3.8) is 0 Å². The first-order valence-electron chi connectivity index (χ1n) is 12.7. The Kier molecular flexibility index (Phi) is 6.72. The number of ether oxygens (including phenoxy) is 1. The fourth-order valence-corrected chi connectivity index (χ4v) is 5.49. The molecule has 0 saturated heterocycles. The Labute approximate surface area is 210 Å². The number of amides is 1. The fourth-order valence-electron chi connectivity index (χ4n) is 5.49. The van der Waals surface area contributed by atoms with Gasteiger partial charge in [0.05, 0.1) is 18.2 Å². The molecule has 1 amide bonds. The van der Waals surface area contributed by atoms with Crippen LogP contribution in [0.5, 0.6) is 5.75 Å². The molecule has 2 heterocycles. The van der Waals surface area contributed by atoms with Crippen LogP contribution in [0.3, 0.4) is 0 Å². The lowest BCUT2D eigenvalue weighted by Crippen LogP contribution is -2.50. The molecule has 0 unspecified atom stereocenters. The first kappa shape index (κ1) is 24.0. The van der Waals surface area contributed by atoms with Gasteiger partial charge in [-0.05, 0) is 37.8 Å². The number of nitrogens with zero attached hydrogens (tertiary/aromatic N) is 3. The van der Waals surface area contributed by atoms with E-state index in [1.54, 1.807) is 9.58 Å². The van der Waals surface area contributed by atoms with Gasteiger partial charge in [-0.3, -0.25) is 19.1 Å². The maximum atomic E-state index is 13.7. The molecule has 1 aliphatic carbocycles. The first-order valence-corrected chi connectivity index (χ1v) is 12.7. The van der Waals surface area contributed by atoms with Crippen molar-refractivity contribution in [3.05, 3.63) is 93.9 Å². The molecule has 0 N–H and O–H groups in total. The van der Waals surface area contributed by atoms with E-state index < -0.39 is 11.4 Å². The molecule has 0 radical (unpaired) electrons. The van der Waals surface area contributed by atoms with E-state index in [9.17, 15) is 14.4 Å². The van der Waals surface area contributed by atoms with E-state index in [1.165, 1.54) is 6.20 Å². The molecule has 2 aliphatic rings. The highest BCUT2D eigenvalue weighted by molar-refractivity contribution is 5.97. The van der Waals surface area contributed by atoms with Gasteiger partial charge in [0.2, 0.25) is 11.2 Å². The van der Waals surface area contributed by atoms with Gasteiger partial charge in [-0.2, -0.15) is 5.10 Å². The molecule has 2 aromatic carbocycles. The molecule has 3 aromatic rings. The second kappa shape index (κ2) is 10.1. The third-order valence-electron chi connectivity index (χ3n) is 7.35.